The summed E-state index contributed by atoms with van der Waals surface area (Å²) in [4.78, 5) is 37.1. The van der Waals surface area contributed by atoms with Gasteiger partial charge in [-0.2, -0.15) is 0 Å². The molecule has 0 unspecified atom stereocenters. The van der Waals surface area contributed by atoms with Crippen LogP contribution in [0.25, 0.3) is 0 Å². The minimum atomic E-state index is -0.874. The van der Waals surface area contributed by atoms with E-state index >= 15 is 0 Å². The van der Waals surface area contributed by atoms with Crippen molar-refractivity contribution >= 4 is 23.5 Å². The maximum Gasteiger partial charge on any atom is 0.329 e. The first kappa shape index (κ1) is 21.9. The van der Waals surface area contributed by atoms with E-state index in [1.807, 2.05) is 19.1 Å². The lowest BCUT2D eigenvalue weighted by atomic mass is 10.0. The smallest absolute Gasteiger partial charge is 0.329 e. The first-order chi connectivity index (χ1) is 13.8. The van der Waals surface area contributed by atoms with Crippen LogP contribution in [0.2, 0.25) is 0 Å². The van der Waals surface area contributed by atoms with E-state index in [0.717, 1.165) is 5.56 Å². The largest absolute Gasteiger partial charge is 0.495 e. The minimum Gasteiger partial charge on any atom is -0.495 e. The number of hydrogen-bond donors (Lipinski definition) is 2. The summed E-state index contributed by atoms with van der Waals surface area (Å²) in [6, 6.07) is 13.1. The van der Waals surface area contributed by atoms with Crippen LogP contribution in [0.3, 0.4) is 0 Å². The highest BCUT2D eigenvalue weighted by Gasteiger charge is 2.27. The van der Waals surface area contributed by atoms with Crippen LogP contribution in [0, 0.1) is 12.8 Å². The highest BCUT2D eigenvalue weighted by atomic mass is 16.5. The molecule has 2 aromatic carbocycles. The molecule has 29 heavy (non-hydrogen) atoms. The Balaban J connectivity index is 1.96. The second kappa shape index (κ2) is 10.3. The van der Waals surface area contributed by atoms with Crippen LogP contribution in [-0.4, -0.2) is 37.5 Å². The summed E-state index contributed by atoms with van der Waals surface area (Å²) < 4.78 is 10.3. The van der Waals surface area contributed by atoms with E-state index in [9.17, 15) is 14.4 Å². The lowest BCUT2D eigenvalue weighted by Crippen LogP contribution is -2.46. The Morgan fingerprint density at radius 2 is 1.66 bits per heavy atom. The zero-order valence-electron chi connectivity index (χ0n) is 17.0. The monoisotopic (exact) mass is 398 g/mol. The molecular weight excluding hydrogens is 372 g/mol. The molecule has 2 N–H and O–H groups in total. The maximum absolute atomic E-state index is 12.5. The van der Waals surface area contributed by atoms with E-state index in [1.165, 1.54) is 7.11 Å². The molecule has 0 bridgehead atoms. The van der Waals surface area contributed by atoms with Gasteiger partial charge in [0.15, 0.2) is 6.61 Å². The third-order valence-corrected chi connectivity index (χ3v) is 4.32. The number of hydrogen-bond acceptors (Lipinski definition) is 5. The first-order valence-electron chi connectivity index (χ1n) is 9.29. The van der Waals surface area contributed by atoms with Crippen molar-refractivity contribution in [2.45, 2.75) is 26.8 Å². The summed E-state index contributed by atoms with van der Waals surface area (Å²) in [5.41, 5.74) is 1.77. The van der Waals surface area contributed by atoms with Crippen LogP contribution >= 0.6 is 0 Å². The van der Waals surface area contributed by atoms with Gasteiger partial charge in [0.2, 0.25) is 0 Å². The van der Waals surface area contributed by atoms with Crippen LogP contribution in [0.15, 0.2) is 48.5 Å². The van der Waals surface area contributed by atoms with Gasteiger partial charge in [-0.25, -0.2) is 4.79 Å². The Morgan fingerprint density at radius 3 is 2.31 bits per heavy atom. The molecule has 0 aromatic heterocycles. The number of carbonyl (C=O) groups excluding carboxylic acids is 3. The summed E-state index contributed by atoms with van der Waals surface area (Å²) in [6.45, 7) is 4.93. The van der Waals surface area contributed by atoms with E-state index in [4.69, 9.17) is 9.47 Å². The Morgan fingerprint density at radius 1 is 1.00 bits per heavy atom. The van der Waals surface area contributed by atoms with Gasteiger partial charge < -0.3 is 20.1 Å². The molecule has 0 saturated carbocycles. The van der Waals surface area contributed by atoms with Crippen LogP contribution in [-0.2, 0) is 14.3 Å². The molecule has 154 valence electrons. The van der Waals surface area contributed by atoms with Gasteiger partial charge in [-0.15, -0.1) is 0 Å². The summed E-state index contributed by atoms with van der Waals surface area (Å²) in [7, 11) is 1.50. The Labute approximate surface area is 170 Å². The van der Waals surface area contributed by atoms with Gasteiger partial charge in [0.25, 0.3) is 11.8 Å². The molecule has 0 fully saturated rings. The van der Waals surface area contributed by atoms with Gasteiger partial charge in [0.1, 0.15) is 11.8 Å². The lowest BCUT2D eigenvalue weighted by molar-refractivity contribution is -0.150. The number of rotatable bonds is 8. The molecule has 0 aliphatic carbocycles. The normalized spacial score (nSPS) is 11.5. The molecule has 2 aromatic rings. The Bertz CT molecular complexity index is 879. The molecule has 0 heterocycles. The fourth-order valence-corrected chi connectivity index (χ4v) is 2.71. The van der Waals surface area contributed by atoms with E-state index in [1.54, 1.807) is 50.2 Å². The molecule has 0 aliphatic rings. The SMILES string of the molecule is COc1ccccc1NC(=O)COC(=O)[C@@H](NC(=O)c1ccccc1C)C(C)C. The van der Waals surface area contributed by atoms with Crippen LogP contribution < -0.4 is 15.4 Å². The zero-order valence-corrected chi connectivity index (χ0v) is 17.0. The predicted molar refractivity (Wildman–Crippen MR) is 110 cm³/mol. The van der Waals surface area contributed by atoms with Crippen LogP contribution in [0.5, 0.6) is 5.75 Å². The first-order valence-corrected chi connectivity index (χ1v) is 9.29. The lowest BCUT2D eigenvalue weighted by Gasteiger charge is -2.21. The van der Waals surface area contributed by atoms with Gasteiger partial charge in [0.05, 0.1) is 12.8 Å². The van der Waals surface area contributed by atoms with E-state index in [2.05, 4.69) is 10.6 Å². The maximum atomic E-state index is 12.5. The molecule has 7 heteroatoms. The molecule has 0 saturated heterocycles. The zero-order chi connectivity index (χ0) is 21.4. The van der Waals surface area contributed by atoms with Crippen molar-refractivity contribution in [2.24, 2.45) is 5.92 Å². The number of benzene rings is 2. The fourth-order valence-electron chi connectivity index (χ4n) is 2.71. The van der Waals surface area contributed by atoms with Gasteiger partial charge >= 0.3 is 5.97 Å². The third kappa shape index (κ3) is 6.07. The average molecular weight is 398 g/mol. The molecule has 0 radical (unpaired) electrons. The third-order valence-electron chi connectivity index (χ3n) is 4.32. The standard InChI is InChI=1S/C22H26N2O5/c1-14(2)20(24-21(26)16-10-6-5-9-15(16)3)22(27)29-13-19(25)23-17-11-7-8-12-18(17)28-4/h5-12,14,20H,13H2,1-4H3,(H,23,25)(H,24,26)/t20-/m0/s1. The van der Waals surface area contributed by atoms with Crippen molar-refractivity contribution < 1.29 is 23.9 Å². The fraction of sp³-hybridized carbons (Fsp3) is 0.318. The predicted octanol–water partition coefficient (Wildman–Crippen LogP) is 2.94. The number of anilines is 1. The Hall–Kier alpha value is -3.35. The van der Waals surface area contributed by atoms with Crippen molar-refractivity contribution in [1.82, 2.24) is 5.32 Å². The second-order valence-corrected chi connectivity index (χ2v) is 6.87. The van der Waals surface area contributed by atoms with E-state index in [-0.39, 0.29) is 11.8 Å². The summed E-state index contributed by atoms with van der Waals surface area (Å²) in [5, 5.41) is 5.33. The number of methoxy groups -OCH3 is 1. The number of aryl methyl sites for hydroxylation is 1. The number of amides is 2. The highest BCUT2D eigenvalue weighted by molar-refractivity contribution is 5.98. The summed E-state index contributed by atoms with van der Waals surface area (Å²) in [6.07, 6.45) is 0. The quantitative estimate of drug-likeness (QED) is 0.667. The van der Waals surface area contributed by atoms with Crippen LogP contribution in [0.4, 0.5) is 5.69 Å². The van der Waals surface area contributed by atoms with Gasteiger partial charge in [-0.3, -0.25) is 9.59 Å². The second-order valence-electron chi connectivity index (χ2n) is 6.87. The van der Waals surface area contributed by atoms with Gasteiger partial charge in [-0.05, 0) is 36.6 Å². The average Bonchev–Trinajstić information content (AvgIpc) is 2.70. The summed E-state index contributed by atoms with van der Waals surface area (Å²) >= 11 is 0. The topological polar surface area (TPSA) is 93.7 Å². The number of nitrogens with one attached hydrogen (secondary N) is 2. The van der Waals surface area contributed by atoms with Crippen molar-refractivity contribution in [3.8, 4) is 5.75 Å². The molecule has 2 amide bonds. The van der Waals surface area contributed by atoms with Crippen LogP contribution in [0.1, 0.15) is 29.8 Å². The molecule has 7 nitrogen and oxygen atoms in total. The molecule has 0 spiro atoms. The highest BCUT2D eigenvalue weighted by Crippen LogP contribution is 2.22. The molecular formula is C22H26N2O5. The number of ether oxygens (including phenoxy) is 2. The van der Waals surface area contributed by atoms with Crippen molar-refractivity contribution in [3.05, 3.63) is 59.7 Å². The molecule has 2 rings (SSSR count). The number of esters is 1. The van der Waals surface area contributed by atoms with E-state index in [0.29, 0.717) is 17.0 Å². The Kier molecular flexibility index (Phi) is 7.77. The summed E-state index contributed by atoms with van der Waals surface area (Å²) in [5.74, 6) is -1.25. The number of carbonyl (C=O) groups is 3. The molecule has 1 atom stereocenters. The van der Waals surface area contributed by atoms with Gasteiger partial charge in [0, 0.05) is 5.56 Å². The van der Waals surface area contributed by atoms with Crippen molar-refractivity contribution in [3.63, 3.8) is 0 Å². The van der Waals surface area contributed by atoms with Gasteiger partial charge in [-0.1, -0.05) is 44.2 Å². The molecule has 0 aliphatic heterocycles. The van der Waals surface area contributed by atoms with Crippen molar-refractivity contribution in [2.75, 3.05) is 19.0 Å². The van der Waals surface area contributed by atoms with E-state index < -0.39 is 24.5 Å². The minimum absolute atomic E-state index is 0.215. The van der Waals surface area contributed by atoms with Crippen molar-refractivity contribution in [1.29, 1.82) is 0 Å². The number of para-hydroxylation sites is 2.